The molecule has 29 heavy (non-hydrogen) atoms. The Morgan fingerprint density at radius 2 is 2.00 bits per heavy atom. The average molecular weight is 395 g/mol. The molecule has 0 aliphatic heterocycles. The molecule has 2 aromatic heterocycles. The molecule has 0 spiro atoms. The van der Waals surface area contributed by atoms with Crippen molar-refractivity contribution in [2.75, 3.05) is 10.6 Å². The maximum absolute atomic E-state index is 13.9. The van der Waals surface area contributed by atoms with Crippen LogP contribution in [0.25, 0.3) is 10.9 Å². The smallest absolute Gasteiger partial charge is 0.254 e. The lowest BCUT2D eigenvalue weighted by Gasteiger charge is -2.32. The van der Waals surface area contributed by atoms with Crippen molar-refractivity contribution in [2.24, 2.45) is 11.5 Å². The first-order chi connectivity index (χ1) is 14.0. The minimum Gasteiger partial charge on any atom is -0.365 e. The quantitative estimate of drug-likeness (QED) is 0.522. The molecule has 8 nitrogen and oxygen atoms in total. The van der Waals surface area contributed by atoms with Gasteiger partial charge < -0.3 is 22.1 Å². The molecule has 4 rings (SSSR count). The SMILES string of the molecule is NC(=O)c1cnc(NC2CCCC(F)C2N)nc1Nc1cnc2ccccc2c1. The summed E-state index contributed by atoms with van der Waals surface area (Å²) >= 11 is 0. The van der Waals surface area contributed by atoms with Crippen LogP contribution in [0.1, 0.15) is 29.6 Å². The van der Waals surface area contributed by atoms with Gasteiger partial charge >= 0.3 is 0 Å². The first kappa shape index (κ1) is 19.0. The lowest BCUT2D eigenvalue weighted by molar-refractivity contribution is 0.100. The van der Waals surface area contributed by atoms with E-state index < -0.39 is 18.1 Å². The maximum Gasteiger partial charge on any atom is 0.254 e. The predicted molar refractivity (Wildman–Crippen MR) is 110 cm³/mol. The fourth-order valence-electron chi connectivity index (χ4n) is 3.51. The van der Waals surface area contributed by atoms with Crippen molar-refractivity contribution in [2.45, 2.75) is 37.5 Å². The Bertz CT molecular complexity index is 1040. The number of benzene rings is 1. The van der Waals surface area contributed by atoms with E-state index in [2.05, 4.69) is 25.6 Å². The van der Waals surface area contributed by atoms with E-state index in [1.165, 1.54) is 6.20 Å². The van der Waals surface area contributed by atoms with Gasteiger partial charge in [-0.25, -0.2) is 9.37 Å². The molecule has 0 bridgehead atoms. The highest BCUT2D eigenvalue weighted by Gasteiger charge is 2.31. The lowest BCUT2D eigenvalue weighted by Crippen LogP contribution is -2.49. The van der Waals surface area contributed by atoms with Crippen molar-refractivity contribution in [1.82, 2.24) is 15.0 Å². The first-order valence-electron chi connectivity index (χ1n) is 9.46. The summed E-state index contributed by atoms with van der Waals surface area (Å²) in [6.07, 6.45) is 3.85. The predicted octanol–water partition coefficient (Wildman–Crippen LogP) is 2.50. The van der Waals surface area contributed by atoms with Crippen LogP contribution in [-0.4, -0.2) is 39.1 Å². The Hall–Kier alpha value is -3.33. The molecule has 2 heterocycles. The summed E-state index contributed by atoms with van der Waals surface area (Å²) in [7, 11) is 0. The highest BCUT2D eigenvalue weighted by molar-refractivity contribution is 5.98. The molecule has 1 saturated carbocycles. The number of carbonyl (C=O) groups excluding carboxylic acids is 1. The van der Waals surface area contributed by atoms with Gasteiger partial charge in [0.25, 0.3) is 5.91 Å². The number of hydrogen-bond acceptors (Lipinski definition) is 7. The number of nitrogens with zero attached hydrogens (tertiary/aromatic N) is 3. The highest BCUT2D eigenvalue weighted by Crippen LogP contribution is 2.25. The number of fused-ring (bicyclic) bond motifs is 1. The molecule has 1 aromatic carbocycles. The van der Waals surface area contributed by atoms with Gasteiger partial charge in [0.05, 0.1) is 23.4 Å². The molecule has 0 radical (unpaired) electrons. The van der Waals surface area contributed by atoms with Crippen LogP contribution in [0.15, 0.2) is 42.7 Å². The summed E-state index contributed by atoms with van der Waals surface area (Å²) in [5.74, 6) is -0.167. The molecule has 1 fully saturated rings. The molecule has 0 saturated heterocycles. The van der Waals surface area contributed by atoms with Crippen LogP contribution in [0.3, 0.4) is 0 Å². The molecular weight excluding hydrogens is 373 g/mol. The van der Waals surface area contributed by atoms with Crippen LogP contribution in [-0.2, 0) is 0 Å². The Kier molecular flexibility index (Phi) is 5.22. The first-order valence-corrected chi connectivity index (χ1v) is 9.46. The summed E-state index contributed by atoms with van der Waals surface area (Å²) < 4.78 is 13.9. The normalized spacial score (nSPS) is 21.7. The number of pyridine rings is 1. The van der Waals surface area contributed by atoms with E-state index in [1.54, 1.807) is 6.20 Å². The number of nitrogens with one attached hydrogen (secondary N) is 2. The van der Waals surface area contributed by atoms with Crippen molar-refractivity contribution in [1.29, 1.82) is 0 Å². The largest absolute Gasteiger partial charge is 0.365 e. The molecule has 1 aliphatic rings. The van der Waals surface area contributed by atoms with Crippen molar-refractivity contribution in [3.8, 4) is 0 Å². The molecule has 6 N–H and O–H groups in total. The van der Waals surface area contributed by atoms with Crippen LogP contribution in [0, 0.1) is 0 Å². The van der Waals surface area contributed by atoms with Gasteiger partial charge in [0.2, 0.25) is 5.95 Å². The number of hydrogen-bond donors (Lipinski definition) is 4. The fourth-order valence-corrected chi connectivity index (χ4v) is 3.51. The number of rotatable bonds is 5. The molecule has 150 valence electrons. The maximum atomic E-state index is 13.9. The average Bonchev–Trinajstić information content (AvgIpc) is 2.71. The van der Waals surface area contributed by atoms with Gasteiger partial charge in [0.1, 0.15) is 17.6 Å². The number of nitrogens with two attached hydrogens (primary N) is 2. The van der Waals surface area contributed by atoms with Gasteiger partial charge in [-0.2, -0.15) is 4.98 Å². The third-order valence-electron chi connectivity index (χ3n) is 5.10. The Morgan fingerprint density at radius 3 is 2.83 bits per heavy atom. The zero-order valence-corrected chi connectivity index (χ0v) is 15.7. The van der Waals surface area contributed by atoms with Crippen LogP contribution in [0.4, 0.5) is 21.8 Å². The summed E-state index contributed by atoms with van der Waals surface area (Å²) in [6, 6.07) is 8.65. The number of alkyl halides is 1. The van der Waals surface area contributed by atoms with Crippen molar-refractivity contribution in [3.63, 3.8) is 0 Å². The third kappa shape index (κ3) is 4.09. The van der Waals surface area contributed by atoms with Gasteiger partial charge in [-0.05, 0) is 31.4 Å². The van der Waals surface area contributed by atoms with Crippen LogP contribution >= 0.6 is 0 Å². The zero-order valence-electron chi connectivity index (χ0n) is 15.7. The van der Waals surface area contributed by atoms with Gasteiger partial charge in [0, 0.05) is 17.6 Å². The summed E-state index contributed by atoms with van der Waals surface area (Å²) in [5, 5.41) is 7.11. The van der Waals surface area contributed by atoms with E-state index in [9.17, 15) is 9.18 Å². The second kappa shape index (κ2) is 7.96. The van der Waals surface area contributed by atoms with E-state index >= 15 is 0 Å². The molecule has 9 heteroatoms. The zero-order chi connectivity index (χ0) is 20.4. The minimum absolute atomic E-state index is 0.139. The second-order valence-electron chi connectivity index (χ2n) is 7.14. The van der Waals surface area contributed by atoms with E-state index in [1.807, 2.05) is 30.3 Å². The van der Waals surface area contributed by atoms with E-state index in [0.717, 1.165) is 23.7 Å². The van der Waals surface area contributed by atoms with Crippen LogP contribution < -0.4 is 22.1 Å². The van der Waals surface area contributed by atoms with E-state index in [0.29, 0.717) is 12.1 Å². The number of carbonyl (C=O) groups is 1. The monoisotopic (exact) mass is 395 g/mol. The topological polar surface area (TPSA) is 132 Å². The van der Waals surface area contributed by atoms with Crippen molar-refractivity contribution in [3.05, 3.63) is 48.3 Å². The standard InChI is InChI=1S/C20H22FN7O/c21-14-5-3-7-16(17(14)22)27-20-25-10-13(18(23)29)19(28-20)26-12-8-11-4-1-2-6-15(11)24-9-12/h1-2,4,6,8-10,14,16-17H,3,5,7,22H2,(H2,23,29)(H2,25,26,27,28). The number of amides is 1. The Morgan fingerprint density at radius 1 is 1.17 bits per heavy atom. The molecule has 1 aliphatic carbocycles. The number of halogens is 1. The van der Waals surface area contributed by atoms with Gasteiger partial charge in [-0.15, -0.1) is 0 Å². The number of anilines is 3. The molecular formula is C20H22FN7O. The minimum atomic E-state index is -1.06. The van der Waals surface area contributed by atoms with E-state index in [-0.39, 0.29) is 23.4 Å². The lowest BCUT2D eigenvalue weighted by atomic mass is 9.89. The Balaban J connectivity index is 1.61. The number of para-hydroxylation sites is 1. The summed E-state index contributed by atoms with van der Waals surface area (Å²) in [5.41, 5.74) is 13.1. The molecule has 1 amide bonds. The third-order valence-corrected chi connectivity index (χ3v) is 5.10. The number of aromatic nitrogens is 3. The van der Waals surface area contributed by atoms with Crippen LogP contribution in [0.2, 0.25) is 0 Å². The van der Waals surface area contributed by atoms with Gasteiger partial charge in [-0.3, -0.25) is 9.78 Å². The summed E-state index contributed by atoms with van der Waals surface area (Å²) in [6.45, 7) is 0. The van der Waals surface area contributed by atoms with Crippen LogP contribution in [0.5, 0.6) is 0 Å². The van der Waals surface area contributed by atoms with Crippen molar-refractivity contribution < 1.29 is 9.18 Å². The molecule has 3 aromatic rings. The molecule has 3 unspecified atom stereocenters. The fraction of sp³-hybridized carbons (Fsp3) is 0.300. The Labute approximate surface area is 166 Å². The van der Waals surface area contributed by atoms with Crippen molar-refractivity contribution >= 4 is 34.3 Å². The second-order valence-corrected chi connectivity index (χ2v) is 7.14. The van der Waals surface area contributed by atoms with Gasteiger partial charge in [0.15, 0.2) is 0 Å². The number of primary amides is 1. The van der Waals surface area contributed by atoms with Gasteiger partial charge in [-0.1, -0.05) is 18.2 Å². The molecule has 3 atom stereocenters. The highest BCUT2D eigenvalue weighted by atomic mass is 19.1. The summed E-state index contributed by atoms with van der Waals surface area (Å²) in [4.78, 5) is 24.7. The van der Waals surface area contributed by atoms with E-state index in [4.69, 9.17) is 11.5 Å².